The van der Waals surface area contributed by atoms with Crippen LogP contribution in [0, 0.1) is 0 Å². The Bertz CT molecular complexity index is 1010. The Labute approximate surface area is 163 Å². The molecule has 0 aliphatic carbocycles. The van der Waals surface area contributed by atoms with Crippen molar-refractivity contribution in [2.45, 2.75) is 6.61 Å². The Hall–Kier alpha value is -3.86. The molecule has 3 aromatic carbocycles. The largest absolute Gasteiger partial charge is 0.489 e. The first-order chi connectivity index (χ1) is 13.8. The van der Waals surface area contributed by atoms with E-state index in [0.717, 1.165) is 22.4 Å². The summed E-state index contributed by atoms with van der Waals surface area (Å²) in [5.74, 6) is 1.10. The number of hydrogen-bond donors (Lipinski definition) is 2. The van der Waals surface area contributed by atoms with E-state index in [1.165, 1.54) is 0 Å². The Morgan fingerprint density at radius 1 is 0.821 bits per heavy atom. The number of nitrogens with one attached hydrogen (secondary N) is 2. The summed E-state index contributed by atoms with van der Waals surface area (Å²) in [4.78, 5) is 16.6. The molecule has 0 fully saturated rings. The zero-order valence-corrected chi connectivity index (χ0v) is 15.1. The van der Waals surface area contributed by atoms with Crippen molar-refractivity contribution in [3.8, 4) is 5.75 Å². The Morgan fingerprint density at radius 2 is 1.50 bits per heavy atom. The number of hydrogen-bond acceptors (Lipinski definition) is 4. The van der Waals surface area contributed by atoms with Crippen LogP contribution in [-0.2, 0) is 11.4 Å². The molecule has 0 saturated carbocycles. The Morgan fingerprint density at radius 3 is 2.21 bits per heavy atom. The molecule has 0 bridgehead atoms. The summed E-state index contributed by atoms with van der Waals surface area (Å²) in [5.41, 5.74) is 8.70. The molecular weight excluding hydrogens is 350 g/mol. The van der Waals surface area contributed by atoms with Gasteiger partial charge in [0.25, 0.3) is 5.91 Å². The van der Waals surface area contributed by atoms with Gasteiger partial charge in [0.05, 0.1) is 0 Å². The summed E-state index contributed by atoms with van der Waals surface area (Å²) in [6.07, 6.45) is 1.75. The second-order valence-corrected chi connectivity index (χ2v) is 6.28. The van der Waals surface area contributed by atoms with Crippen molar-refractivity contribution in [3.05, 3.63) is 107 Å². The molecule has 1 aliphatic heterocycles. The summed E-state index contributed by atoms with van der Waals surface area (Å²) < 4.78 is 5.80. The van der Waals surface area contributed by atoms with Crippen LogP contribution in [-0.4, -0.2) is 11.7 Å². The van der Waals surface area contributed by atoms with Gasteiger partial charge < -0.3 is 4.74 Å². The first kappa shape index (κ1) is 17.5. The van der Waals surface area contributed by atoms with Crippen LogP contribution in [0.15, 0.2) is 95.6 Å². The fraction of sp³-hybridized carbons (Fsp3) is 0.0435. The lowest BCUT2D eigenvalue weighted by atomic mass is 10.1. The summed E-state index contributed by atoms with van der Waals surface area (Å²) in [7, 11) is 0. The molecule has 4 rings (SSSR count). The molecule has 0 saturated heterocycles. The fourth-order valence-corrected chi connectivity index (χ4v) is 2.77. The summed E-state index contributed by atoms with van der Waals surface area (Å²) >= 11 is 0. The van der Waals surface area contributed by atoms with Gasteiger partial charge in [-0.15, -0.1) is 0 Å². The van der Waals surface area contributed by atoms with Gasteiger partial charge in [-0.2, -0.15) is 0 Å². The number of hydrazine groups is 1. The zero-order valence-electron chi connectivity index (χ0n) is 15.1. The smallest absolute Gasteiger partial charge is 0.288 e. The maximum atomic E-state index is 12.1. The molecule has 3 aromatic rings. The highest BCUT2D eigenvalue weighted by molar-refractivity contribution is 6.09. The van der Waals surface area contributed by atoms with Gasteiger partial charge in [0.15, 0.2) is 5.84 Å². The Kier molecular flexibility index (Phi) is 5.15. The van der Waals surface area contributed by atoms with E-state index >= 15 is 0 Å². The lowest BCUT2D eigenvalue weighted by molar-refractivity contribution is -0.118. The summed E-state index contributed by atoms with van der Waals surface area (Å²) in [6, 6.07) is 27.2. The second-order valence-electron chi connectivity index (χ2n) is 6.28. The van der Waals surface area contributed by atoms with Gasteiger partial charge in [-0.25, -0.2) is 4.99 Å². The number of amidine groups is 1. The molecule has 138 valence electrons. The number of carbonyl (C=O) groups excluding carboxylic acids is 1. The predicted octanol–water partition coefficient (Wildman–Crippen LogP) is 3.69. The Balaban J connectivity index is 1.49. The van der Waals surface area contributed by atoms with Crippen molar-refractivity contribution in [1.82, 2.24) is 10.9 Å². The number of amides is 1. The summed E-state index contributed by atoms with van der Waals surface area (Å²) in [6.45, 7) is 0.514. The third-order valence-corrected chi connectivity index (χ3v) is 4.24. The topological polar surface area (TPSA) is 62.7 Å². The molecule has 5 heteroatoms. The van der Waals surface area contributed by atoms with Gasteiger partial charge in [-0.05, 0) is 29.3 Å². The van der Waals surface area contributed by atoms with E-state index in [-0.39, 0.29) is 5.91 Å². The van der Waals surface area contributed by atoms with Gasteiger partial charge in [-0.3, -0.25) is 15.6 Å². The van der Waals surface area contributed by atoms with Crippen molar-refractivity contribution in [2.75, 3.05) is 0 Å². The lowest BCUT2D eigenvalue weighted by Crippen LogP contribution is -2.46. The summed E-state index contributed by atoms with van der Waals surface area (Å²) in [5, 5.41) is 0. The van der Waals surface area contributed by atoms with E-state index in [4.69, 9.17) is 4.74 Å². The van der Waals surface area contributed by atoms with Crippen LogP contribution in [0.3, 0.4) is 0 Å². The molecule has 28 heavy (non-hydrogen) atoms. The standard InChI is InChI=1S/C23H19N3O2/c27-23-21(24-22(25-26-23)19-9-5-2-6-10-19)15-17-11-13-20(14-12-17)28-16-18-7-3-1-4-8-18/h1-15H,16H2,(H,24,25)(H,26,27)/b21-15-. The molecule has 2 N–H and O–H groups in total. The lowest BCUT2D eigenvalue weighted by Gasteiger charge is -2.17. The highest BCUT2D eigenvalue weighted by atomic mass is 16.5. The molecule has 1 aliphatic rings. The molecule has 0 aromatic heterocycles. The first-order valence-corrected chi connectivity index (χ1v) is 8.97. The number of carbonyl (C=O) groups is 1. The average Bonchev–Trinajstić information content (AvgIpc) is 2.76. The van der Waals surface area contributed by atoms with Gasteiger partial charge in [-0.1, -0.05) is 72.8 Å². The van der Waals surface area contributed by atoms with Gasteiger partial charge >= 0.3 is 0 Å². The van der Waals surface area contributed by atoms with E-state index in [2.05, 4.69) is 15.8 Å². The van der Waals surface area contributed by atoms with Crippen LogP contribution < -0.4 is 15.6 Å². The van der Waals surface area contributed by atoms with Crippen molar-refractivity contribution in [2.24, 2.45) is 4.99 Å². The number of nitrogens with zero attached hydrogens (tertiary/aromatic N) is 1. The highest BCUT2D eigenvalue weighted by Crippen LogP contribution is 2.17. The molecule has 0 radical (unpaired) electrons. The third kappa shape index (κ3) is 4.27. The average molecular weight is 369 g/mol. The maximum absolute atomic E-state index is 12.1. The molecule has 0 atom stereocenters. The minimum absolute atomic E-state index is 0.274. The zero-order chi connectivity index (χ0) is 19.2. The van der Waals surface area contributed by atoms with Crippen LogP contribution in [0.1, 0.15) is 16.7 Å². The van der Waals surface area contributed by atoms with E-state index in [9.17, 15) is 4.79 Å². The SMILES string of the molecule is O=C1NNC(c2ccccc2)=N/C1=C\c1ccc(OCc2ccccc2)cc1. The first-order valence-electron chi connectivity index (χ1n) is 8.97. The minimum Gasteiger partial charge on any atom is -0.489 e. The third-order valence-electron chi connectivity index (χ3n) is 4.24. The van der Waals surface area contributed by atoms with Crippen molar-refractivity contribution in [3.63, 3.8) is 0 Å². The quantitative estimate of drug-likeness (QED) is 0.674. The maximum Gasteiger partial charge on any atom is 0.288 e. The van der Waals surface area contributed by atoms with Crippen molar-refractivity contribution >= 4 is 17.8 Å². The highest BCUT2D eigenvalue weighted by Gasteiger charge is 2.17. The molecule has 1 heterocycles. The molecule has 1 amide bonds. The van der Waals surface area contributed by atoms with Crippen LogP contribution in [0.4, 0.5) is 0 Å². The van der Waals surface area contributed by atoms with Crippen LogP contribution in [0.2, 0.25) is 0 Å². The molecule has 0 spiro atoms. The van der Waals surface area contributed by atoms with E-state index in [0.29, 0.717) is 18.1 Å². The number of ether oxygens (including phenoxy) is 1. The normalized spacial score (nSPS) is 14.8. The van der Waals surface area contributed by atoms with E-state index < -0.39 is 0 Å². The number of benzene rings is 3. The monoisotopic (exact) mass is 369 g/mol. The number of aliphatic imine (C=N–C) groups is 1. The van der Waals surface area contributed by atoms with Crippen LogP contribution >= 0.6 is 0 Å². The van der Waals surface area contributed by atoms with Crippen molar-refractivity contribution < 1.29 is 9.53 Å². The van der Waals surface area contributed by atoms with Crippen LogP contribution in [0.5, 0.6) is 5.75 Å². The van der Waals surface area contributed by atoms with Gasteiger partial charge in [0, 0.05) is 5.56 Å². The van der Waals surface area contributed by atoms with Gasteiger partial charge in [0.2, 0.25) is 0 Å². The van der Waals surface area contributed by atoms with Crippen LogP contribution in [0.25, 0.3) is 6.08 Å². The molecule has 5 nitrogen and oxygen atoms in total. The van der Waals surface area contributed by atoms with Gasteiger partial charge in [0.1, 0.15) is 18.1 Å². The second kappa shape index (κ2) is 8.22. The van der Waals surface area contributed by atoms with E-state index in [1.807, 2.05) is 84.9 Å². The molecular formula is C23H19N3O2. The van der Waals surface area contributed by atoms with Crippen molar-refractivity contribution in [1.29, 1.82) is 0 Å². The molecule has 0 unspecified atom stereocenters. The predicted molar refractivity (Wildman–Crippen MR) is 109 cm³/mol. The van der Waals surface area contributed by atoms with E-state index in [1.54, 1.807) is 6.08 Å². The number of rotatable bonds is 5. The minimum atomic E-state index is -0.274. The fourth-order valence-electron chi connectivity index (χ4n) is 2.77.